The second-order valence-corrected chi connectivity index (χ2v) is 5.51. The first-order valence-electron chi connectivity index (χ1n) is 7.85. The molecule has 0 aliphatic carbocycles. The maximum atomic E-state index is 5.54. The summed E-state index contributed by atoms with van der Waals surface area (Å²) in [4.78, 5) is 9.42. The minimum absolute atomic E-state index is 0.813. The first-order valence-corrected chi connectivity index (χ1v) is 7.85. The van der Waals surface area contributed by atoms with Crippen molar-refractivity contribution in [3.63, 3.8) is 0 Å². The average Bonchev–Trinajstić information content (AvgIpc) is 2.89. The Balaban J connectivity index is 1.72. The van der Waals surface area contributed by atoms with E-state index in [0.29, 0.717) is 0 Å². The van der Waals surface area contributed by atoms with E-state index in [1.165, 1.54) is 13.0 Å². The van der Waals surface area contributed by atoms with Gasteiger partial charge in [0.05, 0.1) is 6.54 Å². The SMILES string of the molecule is CCCn1ncnc1CN1CCN(CCCCN)CC1. The summed E-state index contributed by atoms with van der Waals surface area (Å²) in [7, 11) is 0. The Morgan fingerprint density at radius 1 is 1.10 bits per heavy atom. The smallest absolute Gasteiger partial charge is 0.141 e. The molecule has 0 aromatic carbocycles. The van der Waals surface area contributed by atoms with E-state index in [1.807, 2.05) is 4.68 Å². The summed E-state index contributed by atoms with van der Waals surface area (Å²) in [5.74, 6) is 1.10. The van der Waals surface area contributed by atoms with Crippen molar-refractivity contribution in [2.45, 2.75) is 39.3 Å². The van der Waals surface area contributed by atoms with Gasteiger partial charge in [0.25, 0.3) is 0 Å². The summed E-state index contributed by atoms with van der Waals surface area (Å²) in [5.41, 5.74) is 5.54. The highest BCUT2D eigenvalue weighted by molar-refractivity contribution is 4.86. The van der Waals surface area contributed by atoms with E-state index in [9.17, 15) is 0 Å². The fraction of sp³-hybridized carbons (Fsp3) is 0.857. The molecule has 0 atom stereocenters. The van der Waals surface area contributed by atoms with Crippen LogP contribution in [0, 0.1) is 0 Å². The van der Waals surface area contributed by atoms with Crippen LogP contribution in [0.3, 0.4) is 0 Å². The van der Waals surface area contributed by atoms with E-state index < -0.39 is 0 Å². The van der Waals surface area contributed by atoms with E-state index in [0.717, 1.165) is 64.5 Å². The van der Waals surface area contributed by atoms with Crippen molar-refractivity contribution in [1.82, 2.24) is 24.6 Å². The summed E-state index contributed by atoms with van der Waals surface area (Å²) < 4.78 is 2.04. The number of rotatable bonds is 8. The second kappa shape index (κ2) is 8.34. The molecule has 2 heterocycles. The van der Waals surface area contributed by atoms with Crippen LogP contribution in [-0.4, -0.2) is 63.8 Å². The lowest BCUT2D eigenvalue weighted by molar-refractivity contribution is 0.122. The maximum Gasteiger partial charge on any atom is 0.141 e. The summed E-state index contributed by atoms with van der Waals surface area (Å²) in [5, 5.41) is 4.29. The third-order valence-electron chi connectivity index (χ3n) is 3.89. The van der Waals surface area contributed by atoms with Crippen LogP contribution in [0.15, 0.2) is 6.33 Å². The number of hydrogen-bond acceptors (Lipinski definition) is 5. The zero-order valence-corrected chi connectivity index (χ0v) is 12.7. The molecule has 1 aliphatic rings. The molecule has 1 fully saturated rings. The van der Waals surface area contributed by atoms with Gasteiger partial charge in [0, 0.05) is 32.7 Å². The van der Waals surface area contributed by atoms with Gasteiger partial charge in [0.2, 0.25) is 0 Å². The van der Waals surface area contributed by atoms with Gasteiger partial charge in [-0.1, -0.05) is 6.92 Å². The summed E-state index contributed by atoms with van der Waals surface area (Å²) in [6, 6.07) is 0. The quantitative estimate of drug-likeness (QED) is 0.704. The van der Waals surface area contributed by atoms with Gasteiger partial charge >= 0.3 is 0 Å². The van der Waals surface area contributed by atoms with Crippen molar-refractivity contribution in [3.8, 4) is 0 Å². The fourth-order valence-electron chi connectivity index (χ4n) is 2.66. The number of piperazine rings is 1. The van der Waals surface area contributed by atoms with Crippen LogP contribution < -0.4 is 5.73 Å². The zero-order chi connectivity index (χ0) is 14.2. The molecule has 1 aromatic heterocycles. The zero-order valence-electron chi connectivity index (χ0n) is 12.7. The number of hydrogen-bond donors (Lipinski definition) is 1. The fourth-order valence-corrected chi connectivity index (χ4v) is 2.66. The Labute approximate surface area is 121 Å². The van der Waals surface area contributed by atoms with E-state index in [1.54, 1.807) is 6.33 Å². The molecule has 2 N–H and O–H groups in total. The Hall–Kier alpha value is -0.980. The molecule has 1 aromatic rings. The molecule has 0 saturated carbocycles. The minimum atomic E-state index is 0.813. The molecule has 114 valence electrons. The van der Waals surface area contributed by atoms with Crippen LogP contribution in [0.5, 0.6) is 0 Å². The van der Waals surface area contributed by atoms with E-state index in [4.69, 9.17) is 5.73 Å². The molecule has 1 aliphatic heterocycles. The van der Waals surface area contributed by atoms with Crippen molar-refractivity contribution >= 4 is 0 Å². The number of nitrogens with zero attached hydrogens (tertiary/aromatic N) is 5. The minimum Gasteiger partial charge on any atom is -0.330 e. The van der Waals surface area contributed by atoms with Crippen LogP contribution in [-0.2, 0) is 13.1 Å². The van der Waals surface area contributed by atoms with E-state index in [-0.39, 0.29) is 0 Å². The number of aryl methyl sites for hydroxylation is 1. The lowest BCUT2D eigenvalue weighted by Gasteiger charge is -2.34. The molecule has 0 unspecified atom stereocenters. The molecule has 0 amide bonds. The summed E-state index contributed by atoms with van der Waals surface area (Å²) >= 11 is 0. The highest BCUT2D eigenvalue weighted by Gasteiger charge is 2.18. The van der Waals surface area contributed by atoms with Gasteiger partial charge in [-0.15, -0.1) is 0 Å². The predicted molar refractivity (Wildman–Crippen MR) is 80.3 cm³/mol. The first-order chi connectivity index (χ1) is 9.83. The standard InChI is InChI=1S/C14H28N6/c1-2-6-20-14(16-13-17-20)12-19-10-8-18(9-11-19)7-4-3-5-15/h13H,2-12,15H2,1H3. The van der Waals surface area contributed by atoms with Crippen molar-refractivity contribution < 1.29 is 0 Å². The molecule has 0 bridgehead atoms. The molecular formula is C14H28N6. The third kappa shape index (κ3) is 4.54. The van der Waals surface area contributed by atoms with Gasteiger partial charge in [-0.2, -0.15) is 5.10 Å². The van der Waals surface area contributed by atoms with E-state index in [2.05, 4.69) is 26.8 Å². The Bertz CT molecular complexity index is 369. The van der Waals surface area contributed by atoms with Crippen LogP contribution >= 0.6 is 0 Å². The molecule has 2 rings (SSSR count). The Morgan fingerprint density at radius 2 is 1.85 bits per heavy atom. The van der Waals surface area contributed by atoms with Gasteiger partial charge in [0.1, 0.15) is 12.2 Å². The molecule has 20 heavy (non-hydrogen) atoms. The van der Waals surface area contributed by atoms with Crippen molar-refractivity contribution in [2.24, 2.45) is 5.73 Å². The van der Waals surface area contributed by atoms with Crippen molar-refractivity contribution in [2.75, 3.05) is 39.3 Å². The monoisotopic (exact) mass is 280 g/mol. The number of aromatic nitrogens is 3. The van der Waals surface area contributed by atoms with Gasteiger partial charge in [-0.3, -0.25) is 4.90 Å². The Kier molecular flexibility index (Phi) is 6.42. The highest BCUT2D eigenvalue weighted by atomic mass is 15.4. The summed E-state index contributed by atoms with van der Waals surface area (Å²) in [6.45, 7) is 10.6. The van der Waals surface area contributed by atoms with Crippen molar-refractivity contribution in [1.29, 1.82) is 0 Å². The molecule has 6 heteroatoms. The molecule has 0 spiro atoms. The van der Waals surface area contributed by atoms with Crippen LogP contribution in [0.2, 0.25) is 0 Å². The third-order valence-corrected chi connectivity index (χ3v) is 3.89. The number of nitrogens with two attached hydrogens (primary N) is 1. The highest BCUT2D eigenvalue weighted by Crippen LogP contribution is 2.07. The Morgan fingerprint density at radius 3 is 2.55 bits per heavy atom. The van der Waals surface area contributed by atoms with Crippen LogP contribution in [0.25, 0.3) is 0 Å². The molecule has 0 radical (unpaired) electrons. The maximum absolute atomic E-state index is 5.54. The van der Waals surface area contributed by atoms with Gasteiger partial charge in [-0.25, -0.2) is 9.67 Å². The molecule has 1 saturated heterocycles. The number of unbranched alkanes of at least 4 members (excludes halogenated alkanes) is 1. The van der Waals surface area contributed by atoms with Crippen molar-refractivity contribution in [3.05, 3.63) is 12.2 Å². The normalized spacial score (nSPS) is 17.7. The predicted octanol–water partition coefficient (Wildman–Crippen LogP) is 0.545. The lowest BCUT2D eigenvalue weighted by Crippen LogP contribution is -2.46. The largest absolute Gasteiger partial charge is 0.330 e. The van der Waals surface area contributed by atoms with Crippen LogP contribution in [0.4, 0.5) is 0 Å². The van der Waals surface area contributed by atoms with Gasteiger partial charge in [-0.05, 0) is 32.4 Å². The first kappa shape index (κ1) is 15.4. The second-order valence-electron chi connectivity index (χ2n) is 5.51. The summed E-state index contributed by atoms with van der Waals surface area (Å²) in [6.07, 6.45) is 5.14. The molecular weight excluding hydrogens is 252 g/mol. The van der Waals surface area contributed by atoms with Gasteiger partial charge < -0.3 is 10.6 Å². The topological polar surface area (TPSA) is 63.2 Å². The average molecular weight is 280 g/mol. The van der Waals surface area contributed by atoms with E-state index >= 15 is 0 Å². The van der Waals surface area contributed by atoms with Crippen LogP contribution in [0.1, 0.15) is 32.0 Å². The van der Waals surface area contributed by atoms with Gasteiger partial charge in [0.15, 0.2) is 0 Å². The lowest BCUT2D eigenvalue weighted by atomic mass is 10.2. The molecule has 6 nitrogen and oxygen atoms in total.